The smallest absolute Gasteiger partial charge is 0.0443 e. The molecule has 0 unspecified atom stereocenters. The zero-order valence-electron chi connectivity index (χ0n) is 12.2. The van der Waals surface area contributed by atoms with E-state index in [1.54, 1.807) is 0 Å². The summed E-state index contributed by atoms with van der Waals surface area (Å²) in [6, 6.07) is 2.16. The summed E-state index contributed by atoms with van der Waals surface area (Å²) in [5.74, 6) is 0. The van der Waals surface area contributed by atoms with Gasteiger partial charge < -0.3 is 15.1 Å². The molecule has 1 aliphatic heterocycles. The molecule has 1 aromatic rings. The lowest BCUT2D eigenvalue weighted by Gasteiger charge is -2.25. The summed E-state index contributed by atoms with van der Waals surface area (Å²) in [6.45, 7) is 8.79. The lowest BCUT2D eigenvalue weighted by Crippen LogP contribution is -2.30. The van der Waals surface area contributed by atoms with Crippen molar-refractivity contribution in [2.45, 2.75) is 26.3 Å². The molecule has 0 amide bonds. The Labute approximate surface area is 116 Å². The molecular weight excluding hydrogens is 236 g/mol. The van der Waals surface area contributed by atoms with Gasteiger partial charge in [0.1, 0.15) is 0 Å². The molecule has 106 valence electrons. The molecule has 0 aliphatic carbocycles. The van der Waals surface area contributed by atoms with Crippen LogP contribution >= 0.6 is 0 Å². The Morgan fingerprint density at radius 1 is 1.26 bits per heavy atom. The molecule has 0 saturated carbocycles. The van der Waals surface area contributed by atoms with Gasteiger partial charge in [-0.05, 0) is 39.0 Å². The van der Waals surface area contributed by atoms with E-state index >= 15 is 0 Å². The normalized spacial score (nSPS) is 17.5. The van der Waals surface area contributed by atoms with Gasteiger partial charge in [0.05, 0.1) is 0 Å². The van der Waals surface area contributed by atoms with Gasteiger partial charge in [-0.3, -0.25) is 4.98 Å². The van der Waals surface area contributed by atoms with Crippen LogP contribution in [0.4, 0.5) is 5.69 Å². The van der Waals surface area contributed by atoms with Gasteiger partial charge in [0, 0.05) is 49.8 Å². The predicted molar refractivity (Wildman–Crippen MR) is 80.6 cm³/mol. The molecule has 4 heteroatoms. The van der Waals surface area contributed by atoms with Crippen molar-refractivity contribution in [3.8, 4) is 0 Å². The van der Waals surface area contributed by atoms with Crippen LogP contribution in [-0.4, -0.2) is 49.7 Å². The van der Waals surface area contributed by atoms with Gasteiger partial charge in [-0.1, -0.05) is 6.92 Å². The average Bonchev–Trinajstić information content (AvgIpc) is 2.64. The highest BCUT2D eigenvalue weighted by molar-refractivity contribution is 5.52. The number of hydrogen-bond acceptors (Lipinski definition) is 4. The van der Waals surface area contributed by atoms with E-state index in [0.717, 1.165) is 32.7 Å². The van der Waals surface area contributed by atoms with E-state index in [0.29, 0.717) is 0 Å². The van der Waals surface area contributed by atoms with Crippen molar-refractivity contribution in [2.75, 3.05) is 44.7 Å². The monoisotopic (exact) mass is 262 g/mol. The van der Waals surface area contributed by atoms with Crippen LogP contribution < -0.4 is 10.2 Å². The molecule has 0 aromatic carbocycles. The number of anilines is 1. The molecule has 19 heavy (non-hydrogen) atoms. The SMILES string of the molecule is CCCNCc1cnccc1N1CCCN(C)CC1. The Hall–Kier alpha value is -1.13. The number of likely N-dealkylation sites (N-methyl/N-ethyl adjacent to an activating group) is 1. The fourth-order valence-corrected chi connectivity index (χ4v) is 2.55. The van der Waals surface area contributed by atoms with Crippen molar-refractivity contribution in [2.24, 2.45) is 0 Å². The summed E-state index contributed by atoms with van der Waals surface area (Å²) in [6.07, 6.45) is 6.32. The summed E-state index contributed by atoms with van der Waals surface area (Å²) in [5.41, 5.74) is 2.68. The number of rotatable bonds is 5. The molecular formula is C15H26N4. The molecule has 0 spiro atoms. The molecule has 2 heterocycles. The Morgan fingerprint density at radius 3 is 3.00 bits per heavy atom. The summed E-state index contributed by atoms with van der Waals surface area (Å²) >= 11 is 0. The first-order valence-electron chi connectivity index (χ1n) is 7.38. The second kappa shape index (κ2) is 7.46. The molecule has 1 aliphatic rings. The maximum absolute atomic E-state index is 4.28. The van der Waals surface area contributed by atoms with Crippen LogP contribution in [0.25, 0.3) is 0 Å². The van der Waals surface area contributed by atoms with E-state index in [-0.39, 0.29) is 0 Å². The van der Waals surface area contributed by atoms with E-state index in [9.17, 15) is 0 Å². The number of hydrogen-bond donors (Lipinski definition) is 1. The largest absolute Gasteiger partial charge is 0.370 e. The summed E-state index contributed by atoms with van der Waals surface area (Å²) < 4.78 is 0. The van der Waals surface area contributed by atoms with Gasteiger partial charge in [-0.15, -0.1) is 0 Å². The highest BCUT2D eigenvalue weighted by Gasteiger charge is 2.15. The van der Waals surface area contributed by atoms with Crippen LogP contribution in [-0.2, 0) is 6.54 Å². The second-order valence-corrected chi connectivity index (χ2v) is 5.33. The highest BCUT2D eigenvalue weighted by Crippen LogP contribution is 2.20. The van der Waals surface area contributed by atoms with E-state index in [1.165, 1.54) is 30.6 Å². The minimum Gasteiger partial charge on any atom is -0.370 e. The van der Waals surface area contributed by atoms with Crippen molar-refractivity contribution in [1.82, 2.24) is 15.2 Å². The fraction of sp³-hybridized carbons (Fsp3) is 0.667. The van der Waals surface area contributed by atoms with E-state index in [4.69, 9.17) is 0 Å². The van der Waals surface area contributed by atoms with Gasteiger partial charge in [0.25, 0.3) is 0 Å². The maximum Gasteiger partial charge on any atom is 0.0443 e. The lowest BCUT2D eigenvalue weighted by molar-refractivity contribution is 0.360. The second-order valence-electron chi connectivity index (χ2n) is 5.33. The summed E-state index contributed by atoms with van der Waals surface area (Å²) in [4.78, 5) is 9.20. The van der Waals surface area contributed by atoms with E-state index in [1.807, 2.05) is 12.4 Å². The molecule has 0 bridgehead atoms. The molecule has 1 fully saturated rings. The predicted octanol–water partition coefficient (Wildman–Crippen LogP) is 1.72. The molecule has 4 nitrogen and oxygen atoms in total. The van der Waals surface area contributed by atoms with Gasteiger partial charge >= 0.3 is 0 Å². The first-order chi connectivity index (χ1) is 9.31. The zero-order valence-corrected chi connectivity index (χ0v) is 12.2. The quantitative estimate of drug-likeness (QED) is 0.819. The van der Waals surface area contributed by atoms with Gasteiger partial charge in [0.2, 0.25) is 0 Å². The van der Waals surface area contributed by atoms with E-state index in [2.05, 4.69) is 40.1 Å². The van der Waals surface area contributed by atoms with Crippen molar-refractivity contribution in [3.63, 3.8) is 0 Å². The third-order valence-electron chi connectivity index (χ3n) is 3.68. The molecule has 1 aromatic heterocycles. The summed E-state index contributed by atoms with van der Waals surface area (Å²) in [7, 11) is 2.21. The lowest BCUT2D eigenvalue weighted by atomic mass is 10.2. The number of pyridine rings is 1. The van der Waals surface area contributed by atoms with E-state index < -0.39 is 0 Å². The number of nitrogens with one attached hydrogen (secondary N) is 1. The Balaban J connectivity index is 2.05. The topological polar surface area (TPSA) is 31.4 Å². The van der Waals surface area contributed by atoms with Crippen LogP contribution in [0, 0.1) is 0 Å². The number of aromatic nitrogens is 1. The highest BCUT2D eigenvalue weighted by atomic mass is 15.2. The zero-order chi connectivity index (χ0) is 13.5. The first kappa shape index (κ1) is 14.3. The average molecular weight is 262 g/mol. The number of nitrogens with zero attached hydrogens (tertiary/aromatic N) is 3. The molecule has 0 atom stereocenters. The van der Waals surface area contributed by atoms with Crippen molar-refractivity contribution >= 4 is 5.69 Å². The Morgan fingerprint density at radius 2 is 2.16 bits per heavy atom. The first-order valence-corrected chi connectivity index (χ1v) is 7.38. The van der Waals surface area contributed by atoms with Crippen molar-refractivity contribution < 1.29 is 0 Å². The standard InChI is InChI=1S/C15H26N4/c1-3-6-16-12-14-13-17-7-5-15(14)19-9-4-8-18(2)10-11-19/h5,7,13,16H,3-4,6,8-12H2,1-2H3. The third-order valence-corrected chi connectivity index (χ3v) is 3.68. The van der Waals surface area contributed by atoms with Crippen LogP contribution in [0.2, 0.25) is 0 Å². The minimum atomic E-state index is 0.920. The molecule has 1 saturated heterocycles. The summed E-state index contributed by atoms with van der Waals surface area (Å²) in [5, 5.41) is 3.48. The molecule has 1 N–H and O–H groups in total. The van der Waals surface area contributed by atoms with Gasteiger partial charge in [-0.25, -0.2) is 0 Å². The molecule has 0 radical (unpaired) electrons. The van der Waals surface area contributed by atoms with Gasteiger partial charge in [0.15, 0.2) is 0 Å². The maximum atomic E-state index is 4.28. The minimum absolute atomic E-state index is 0.920. The fourth-order valence-electron chi connectivity index (χ4n) is 2.55. The Kier molecular flexibility index (Phi) is 5.61. The van der Waals surface area contributed by atoms with Crippen LogP contribution in [0.1, 0.15) is 25.3 Å². The molecule has 2 rings (SSSR count). The Bertz CT molecular complexity index is 380. The van der Waals surface area contributed by atoms with Gasteiger partial charge in [-0.2, -0.15) is 0 Å². The third kappa shape index (κ3) is 4.18. The van der Waals surface area contributed by atoms with Crippen LogP contribution in [0.3, 0.4) is 0 Å². The van der Waals surface area contributed by atoms with Crippen LogP contribution in [0.15, 0.2) is 18.5 Å². The van der Waals surface area contributed by atoms with Crippen LogP contribution in [0.5, 0.6) is 0 Å². The van der Waals surface area contributed by atoms with Crippen molar-refractivity contribution in [3.05, 3.63) is 24.0 Å². The van der Waals surface area contributed by atoms with Crippen molar-refractivity contribution in [1.29, 1.82) is 0 Å².